The monoisotopic (exact) mass is 182 g/mol. The topological polar surface area (TPSA) is 17.1 Å². The lowest BCUT2D eigenvalue weighted by Crippen LogP contribution is -1.75. The summed E-state index contributed by atoms with van der Waals surface area (Å²) < 4.78 is 0. The van der Waals surface area contributed by atoms with Gasteiger partial charge in [0.2, 0.25) is 0 Å². The first kappa shape index (κ1) is 17.8. The van der Waals surface area contributed by atoms with Crippen molar-refractivity contribution in [2.45, 2.75) is 34.6 Å². The first-order valence-electron chi connectivity index (χ1n) is 4.32. The lowest BCUT2D eigenvalue weighted by Gasteiger charge is -1.96. The number of hydrogen-bond acceptors (Lipinski definition) is 1. The Hall–Kier alpha value is -1.11. The molecule has 0 atom stereocenters. The Bertz CT molecular complexity index is 176. The molecule has 1 nitrogen and oxygen atoms in total. The minimum absolute atomic E-state index is 1.08. The second-order valence-corrected chi connectivity index (χ2v) is 2.45. The van der Waals surface area contributed by atoms with Crippen molar-refractivity contribution in [3.8, 4) is 0 Å². The fourth-order valence-corrected chi connectivity index (χ4v) is 0.493. The van der Waals surface area contributed by atoms with E-state index in [0.29, 0.717) is 0 Å². The van der Waals surface area contributed by atoms with Gasteiger partial charge in [-0.05, 0) is 26.3 Å². The zero-order valence-corrected chi connectivity index (χ0v) is 9.61. The predicted molar refractivity (Wildman–Crippen MR) is 61.9 cm³/mol. The van der Waals surface area contributed by atoms with Crippen LogP contribution >= 0.6 is 0 Å². The minimum Gasteiger partial charge on any atom is -0.307 e. The molecule has 0 radical (unpaired) electrons. The van der Waals surface area contributed by atoms with E-state index in [0.717, 1.165) is 11.1 Å². The third kappa shape index (κ3) is 18.1. The van der Waals surface area contributed by atoms with E-state index < -0.39 is 0 Å². The highest BCUT2D eigenvalue weighted by Crippen LogP contribution is 2.07. The van der Waals surface area contributed by atoms with Gasteiger partial charge in [0, 0.05) is 0 Å². The molecule has 0 aliphatic carbocycles. The van der Waals surface area contributed by atoms with E-state index in [9.17, 15) is 0 Å². The lowest BCUT2D eigenvalue weighted by atomic mass is 10.1. The molecule has 0 bridgehead atoms. The molecule has 0 saturated carbocycles. The summed E-state index contributed by atoms with van der Waals surface area (Å²) in [5.41, 5.74) is 3.40. The molecule has 0 amide bonds. The van der Waals surface area contributed by atoms with Crippen molar-refractivity contribution in [3.05, 3.63) is 36.0 Å². The fourth-order valence-electron chi connectivity index (χ4n) is 0.493. The zero-order valence-electron chi connectivity index (χ0n) is 9.61. The van der Waals surface area contributed by atoms with Gasteiger partial charge in [-0.25, -0.2) is 0 Å². The molecular weight excluding hydrogens is 160 g/mol. The van der Waals surface area contributed by atoms with Crippen LogP contribution in [0.1, 0.15) is 34.6 Å². The molecular formula is C12H22O. The van der Waals surface area contributed by atoms with E-state index in [1.54, 1.807) is 0 Å². The van der Waals surface area contributed by atoms with Gasteiger partial charge in [-0.15, -0.1) is 0 Å². The second-order valence-electron chi connectivity index (χ2n) is 2.45. The largest absolute Gasteiger partial charge is 0.307 e. The molecule has 0 spiro atoms. The van der Waals surface area contributed by atoms with Crippen LogP contribution in [0.25, 0.3) is 0 Å². The maximum absolute atomic E-state index is 8.00. The summed E-state index contributed by atoms with van der Waals surface area (Å²) in [7, 11) is 0. The Morgan fingerprint density at radius 2 is 1.31 bits per heavy atom. The summed E-state index contributed by atoms with van der Waals surface area (Å²) in [6.07, 6.45) is 2.03. The van der Waals surface area contributed by atoms with Gasteiger partial charge in [-0.1, -0.05) is 44.2 Å². The zero-order chi connectivity index (χ0) is 11.4. The molecule has 0 aliphatic heterocycles. The summed E-state index contributed by atoms with van der Waals surface area (Å²) in [4.78, 5) is 8.00. The highest BCUT2D eigenvalue weighted by atomic mass is 16.1. The molecule has 0 aromatic carbocycles. The smallest absolute Gasteiger partial charge is 0.106 e. The van der Waals surface area contributed by atoms with E-state index in [2.05, 4.69) is 13.2 Å². The van der Waals surface area contributed by atoms with Gasteiger partial charge in [0.1, 0.15) is 6.79 Å². The molecule has 0 aliphatic rings. The summed E-state index contributed by atoms with van der Waals surface area (Å²) in [5.74, 6) is 0. The number of hydrogen-bond donors (Lipinski definition) is 0. The highest BCUT2D eigenvalue weighted by Gasteiger charge is 1.86. The normalized spacial score (nSPS) is 8.54. The molecule has 0 aromatic rings. The SMILES string of the molecule is C=C(C)/C=C(/C)C(=C)C.C=O.CC. The Morgan fingerprint density at radius 1 is 1.00 bits per heavy atom. The molecule has 1 heteroatoms. The summed E-state index contributed by atoms with van der Waals surface area (Å²) >= 11 is 0. The average molecular weight is 182 g/mol. The van der Waals surface area contributed by atoms with Gasteiger partial charge in [-0.2, -0.15) is 0 Å². The molecule has 0 heterocycles. The van der Waals surface area contributed by atoms with Crippen molar-refractivity contribution in [3.63, 3.8) is 0 Å². The molecule has 0 fully saturated rings. The maximum atomic E-state index is 8.00. The van der Waals surface area contributed by atoms with Crippen LogP contribution in [0.2, 0.25) is 0 Å². The fraction of sp³-hybridized carbons (Fsp3) is 0.417. The molecule has 0 aromatic heterocycles. The molecule has 0 N–H and O–H groups in total. The first-order valence-corrected chi connectivity index (χ1v) is 4.32. The van der Waals surface area contributed by atoms with Crippen molar-refractivity contribution in [2.24, 2.45) is 0 Å². The van der Waals surface area contributed by atoms with Crippen molar-refractivity contribution in [2.75, 3.05) is 0 Å². The van der Waals surface area contributed by atoms with E-state index in [-0.39, 0.29) is 0 Å². The second kappa shape index (κ2) is 13.5. The van der Waals surface area contributed by atoms with Gasteiger partial charge >= 0.3 is 0 Å². The lowest BCUT2D eigenvalue weighted by molar-refractivity contribution is -0.0979. The van der Waals surface area contributed by atoms with Crippen LogP contribution in [-0.4, -0.2) is 6.79 Å². The van der Waals surface area contributed by atoms with Crippen LogP contribution < -0.4 is 0 Å². The summed E-state index contributed by atoms with van der Waals surface area (Å²) in [6, 6.07) is 0. The average Bonchev–Trinajstić information content (AvgIpc) is 2.10. The van der Waals surface area contributed by atoms with Crippen LogP contribution in [0.5, 0.6) is 0 Å². The standard InChI is InChI=1S/C9H14.C2H6.CH2O/c1-7(2)6-9(5)8(3)4;2*1-2/h6H,1,3H2,2,4-5H3;1-2H3;1H2/b9-6-;;. The van der Waals surface area contributed by atoms with Crippen LogP contribution in [-0.2, 0) is 4.79 Å². The van der Waals surface area contributed by atoms with Crippen LogP contribution in [0.3, 0.4) is 0 Å². The third-order valence-corrected chi connectivity index (χ3v) is 1.14. The summed E-state index contributed by atoms with van der Waals surface area (Å²) in [5, 5.41) is 0. The van der Waals surface area contributed by atoms with Gasteiger partial charge < -0.3 is 4.79 Å². The highest BCUT2D eigenvalue weighted by molar-refractivity contribution is 5.30. The van der Waals surface area contributed by atoms with Gasteiger partial charge in [-0.3, -0.25) is 0 Å². The number of rotatable bonds is 2. The molecule has 0 saturated heterocycles. The van der Waals surface area contributed by atoms with Crippen molar-refractivity contribution < 1.29 is 4.79 Å². The van der Waals surface area contributed by atoms with Crippen molar-refractivity contribution >= 4 is 6.79 Å². The number of carbonyl (C=O) groups excluding carboxylic acids is 1. The van der Waals surface area contributed by atoms with Gasteiger partial charge in [0.05, 0.1) is 0 Å². The predicted octanol–water partition coefficient (Wildman–Crippen LogP) is 3.93. The molecule has 76 valence electrons. The first-order chi connectivity index (χ1) is 6.04. The Kier molecular flexibility index (Phi) is 18.5. The molecule has 13 heavy (non-hydrogen) atoms. The maximum Gasteiger partial charge on any atom is 0.106 e. The Morgan fingerprint density at radius 3 is 1.38 bits per heavy atom. The van der Waals surface area contributed by atoms with Crippen LogP contribution in [0.4, 0.5) is 0 Å². The number of carbonyl (C=O) groups is 1. The van der Waals surface area contributed by atoms with Gasteiger partial charge in [0.25, 0.3) is 0 Å². The van der Waals surface area contributed by atoms with Crippen molar-refractivity contribution in [1.29, 1.82) is 0 Å². The Labute approximate surface area is 82.9 Å². The minimum atomic E-state index is 1.08. The number of allylic oxidation sites excluding steroid dienone is 4. The quantitative estimate of drug-likeness (QED) is 0.591. The van der Waals surface area contributed by atoms with Crippen molar-refractivity contribution in [1.82, 2.24) is 0 Å². The third-order valence-electron chi connectivity index (χ3n) is 1.14. The van der Waals surface area contributed by atoms with E-state index >= 15 is 0 Å². The van der Waals surface area contributed by atoms with E-state index in [1.807, 2.05) is 47.5 Å². The van der Waals surface area contributed by atoms with Crippen LogP contribution in [0.15, 0.2) is 36.0 Å². The molecule has 0 unspecified atom stereocenters. The molecule has 0 rings (SSSR count). The Balaban J connectivity index is -0.000000218. The van der Waals surface area contributed by atoms with E-state index in [4.69, 9.17) is 4.79 Å². The van der Waals surface area contributed by atoms with E-state index in [1.165, 1.54) is 5.57 Å². The summed E-state index contributed by atoms with van der Waals surface area (Å²) in [6.45, 7) is 19.6. The van der Waals surface area contributed by atoms with Gasteiger partial charge in [0.15, 0.2) is 0 Å². The van der Waals surface area contributed by atoms with Crippen LogP contribution in [0, 0.1) is 0 Å².